The van der Waals surface area contributed by atoms with Crippen molar-refractivity contribution < 1.29 is 52.6 Å². The fourth-order valence-corrected chi connectivity index (χ4v) is 7.75. The zero-order valence-electron chi connectivity index (χ0n) is 36.0. The minimum absolute atomic E-state index is 0.00365. The van der Waals surface area contributed by atoms with Gasteiger partial charge in [0.15, 0.2) is 6.10 Å². The second-order valence-electron chi connectivity index (χ2n) is 15.7. The predicted octanol–water partition coefficient (Wildman–Crippen LogP) is 9.53. The maximum Gasteiger partial charge on any atom is 0.472 e. The Hall–Kier alpha value is -2.18. The Bertz CT molecular complexity index is 1210. The summed E-state index contributed by atoms with van der Waals surface area (Å²) in [7, 11) is -4.44. The van der Waals surface area contributed by atoms with Crippen molar-refractivity contribution in [2.45, 2.75) is 193 Å². The lowest BCUT2D eigenvalue weighted by atomic mass is 9.88. The van der Waals surface area contributed by atoms with Gasteiger partial charge >= 0.3 is 19.8 Å². The number of esters is 2. The molecule has 1 aliphatic rings. The quantitative estimate of drug-likeness (QED) is 0.0200. The largest absolute Gasteiger partial charge is 0.472 e. The van der Waals surface area contributed by atoms with Crippen molar-refractivity contribution in [2.24, 2.45) is 17.6 Å². The Labute approximate surface area is 350 Å². The highest BCUT2D eigenvalue weighted by Gasteiger charge is 2.39. The number of Topliss-reactive ketones (excluding diaryl/α,β-unsaturated/α-hetero) is 1. The van der Waals surface area contributed by atoms with E-state index in [-0.39, 0.29) is 56.6 Å². The van der Waals surface area contributed by atoms with Crippen LogP contribution in [0.4, 0.5) is 0 Å². The summed E-state index contributed by atoms with van der Waals surface area (Å²) < 4.78 is 32.8. The lowest BCUT2D eigenvalue weighted by molar-refractivity contribution is -0.161. The van der Waals surface area contributed by atoms with E-state index in [4.69, 9.17) is 24.3 Å². The van der Waals surface area contributed by atoms with Gasteiger partial charge in [-0.15, -0.1) is 0 Å². The molecule has 5 N–H and O–H groups in total. The lowest BCUT2D eigenvalue weighted by Crippen LogP contribution is -2.29. The van der Waals surface area contributed by atoms with E-state index in [1.54, 1.807) is 12.2 Å². The van der Waals surface area contributed by atoms with Crippen molar-refractivity contribution in [1.82, 2.24) is 0 Å². The summed E-state index contributed by atoms with van der Waals surface area (Å²) in [6, 6.07) is 0. The Morgan fingerprint density at radius 1 is 0.793 bits per heavy atom. The van der Waals surface area contributed by atoms with Crippen LogP contribution in [0.2, 0.25) is 0 Å². The van der Waals surface area contributed by atoms with E-state index in [0.29, 0.717) is 25.7 Å². The molecule has 6 atom stereocenters. The molecule has 0 heterocycles. The molecule has 1 saturated carbocycles. The Kier molecular flexibility index (Phi) is 33.0. The number of phosphoric ester groups is 1. The van der Waals surface area contributed by atoms with E-state index >= 15 is 0 Å². The molecule has 0 aliphatic heterocycles. The van der Waals surface area contributed by atoms with Gasteiger partial charge in [0.25, 0.3) is 0 Å². The summed E-state index contributed by atoms with van der Waals surface area (Å²) in [5.74, 6) is -1.56. The second kappa shape index (κ2) is 35.6. The number of rotatable bonds is 38. The molecule has 0 spiro atoms. The molecule has 0 radical (unpaired) electrons. The molecule has 12 nitrogen and oxygen atoms in total. The zero-order chi connectivity index (χ0) is 42.7. The van der Waals surface area contributed by atoms with E-state index < -0.39 is 44.7 Å². The molecular weight excluding hydrogens is 761 g/mol. The molecule has 1 aliphatic carbocycles. The van der Waals surface area contributed by atoms with Crippen molar-refractivity contribution in [1.29, 1.82) is 0 Å². The highest BCUT2D eigenvalue weighted by molar-refractivity contribution is 7.47. The zero-order valence-corrected chi connectivity index (χ0v) is 36.9. The van der Waals surface area contributed by atoms with Crippen LogP contribution in [-0.2, 0) is 37.5 Å². The van der Waals surface area contributed by atoms with Gasteiger partial charge in [-0.2, -0.15) is 0 Å². The first kappa shape index (κ1) is 53.8. The fourth-order valence-electron chi connectivity index (χ4n) is 6.98. The van der Waals surface area contributed by atoms with E-state index in [1.165, 1.54) is 38.5 Å². The highest BCUT2D eigenvalue weighted by Crippen LogP contribution is 2.43. The summed E-state index contributed by atoms with van der Waals surface area (Å²) in [6.07, 6.45) is 32.2. The van der Waals surface area contributed by atoms with Crippen molar-refractivity contribution in [3.63, 3.8) is 0 Å². The van der Waals surface area contributed by atoms with Gasteiger partial charge in [-0.25, -0.2) is 4.57 Å². The van der Waals surface area contributed by atoms with Gasteiger partial charge in [-0.3, -0.25) is 23.4 Å². The summed E-state index contributed by atoms with van der Waals surface area (Å²) in [4.78, 5) is 47.6. The predicted molar refractivity (Wildman–Crippen MR) is 230 cm³/mol. The van der Waals surface area contributed by atoms with Crippen molar-refractivity contribution in [3.05, 3.63) is 36.5 Å². The van der Waals surface area contributed by atoms with Gasteiger partial charge in [0.05, 0.1) is 25.4 Å². The second-order valence-corrected chi connectivity index (χ2v) is 17.2. The first-order valence-corrected chi connectivity index (χ1v) is 24.1. The van der Waals surface area contributed by atoms with Gasteiger partial charge in [-0.1, -0.05) is 134 Å². The maximum absolute atomic E-state index is 12.6. The van der Waals surface area contributed by atoms with Crippen LogP contribution in [-0.4, -0.2) is 77.5 Å². The summed E-state index contributed by atoms with van der Waals surface area (Å²) in [6.45, 7) is 3.33. The molecule has 0 saturated heterocycles. The SMILES string of the molecule is CCCCC/C=C\C/C=C\CCCCCCCCCC(=O)O[C@H](COC(=O)CCCCCC[C@H]1[C@@H](O)CC(=O)[C@@H]1/C=C/[C@@H](O)CCCCC)COP(=O)(O)OCCN. The van der Waals surface area contributed by atoms with Gasteiger partial charge in [0.1, 0.15) is 12.4 Å². The average Bonchev–Trinajstić information content (AvgIpc) is 3.47. The topological polar surface area (TPSA) is 192 Å². The van der Waals surface area contributed by atoms with Crippen LogP contribution in [0.15, 0.2) is 36.5 Å². The third-order valence-corrected chi connectivity index (χ3v) is 11.4. The molecule has 1 rings (SSSR count). The van der Waals surface area contributed by atoms with E-state index in [1.807, 2.05) is 0 Å². The first-order valence-electron chi connectivity index (χ1n) is 22.6. The molecule has 0 bridgehead atoms. The van der Waals surface area contributed by atoms with Crippen LogP contribution in [0.3, 0.4) is 0 Å². The molecule has 1 fully saturated rings. The molecule has 1 unspecified atom stereocenters. The number of unbranched alkanes of at least 4 members (excludes halogenated alkanes) is 15. The maximum atomic E-state index is 12.6. The molecule has 13 heteroatoms. The number of ether oxygens (including phenoxy) is 2. The van der Waals surface area contributed by atoms with Crippen LogP contribution in [0, 0.1) is 11.8 Å². The average molecular weight is 842 g/mol. The molecular formula is C45H80NO11P. The third-order valence-electron chi connectivity index (χ3n) is 10.4. The van der Waals surface area contributed by atoms with E-state index in [2.05, 4.69) is 38.2 Å². The number of hydrogen-bond acceptors (Lipinski definition) is 11. The number of aliphatic hydroxyl groups excluding tert-OH is 2. The number of allylic oxidation sites excluding steroid dienone is 5. The van der Waals surface area contributed by atoms with Crippen molar-refractivity contribution in [2.75, 3.05) is 26.4 Å². The minimum atomic E-state index is -4.44. The number of carbonyl (C=O) groups is 3. The Balaban J connectivity index is 2.36. The summed E-state index contributed by atoms with van der Waals surface area (Å²) >= 11 is 0. The van der Waals surface area contributed by atoms with Crippen LogP contribution < -0.4 is 5.73 Å². The molecule has 336 valence electrons. The van der Waals surface area contributed by atoms with Gasteiger partial charge in [0, 0.05) is 31.7 Å². The highest BCUT2D eigenvalue weighted by atomic mass is 31.2. The van der Waals surface area contributed by atoms with Gasteiger partial charge in [0.2, 0.25) is 0 Å². The van der Waals surface area contributed by atoms with Crippen molar-refractivity contribution >= 4 is 25.5 Å². The van der Waals surface area contributed by atoms with E-state index in [9.17, 15) is 34.1 Å². The van der Waals surface area contributed by atoms with Crippen LogP contribution in [0.5, 0.6) is 0 Å². The molecule has 0 amide bonds. The van der Waals surface area contributed by atoms with Gasteiger partial charge < -0.3 is 30.3 Å². The molecule has 0 aromatic heterocycles. The smallest absolute Gasteiger partial charge is 0.462 e. The van der Waals surface area contributed by atoms with Crippen LogP contribution >= 0.6 is 7.82 Å². The number of phosphoric acid groups is 1. The minimum Gasteiger partial charge on any atom is -0.462 e. The number of aliphatic hydroxyl groups is 2. The van der Waals surface area contributed by atoms with Gasteiger partial charge in [-0.05, 0) is 63.7 Å². The van der Waals surface area contributed by atoms with Crippen LogP contribution in [0.1, 0.15) is 174 Å². The Morgan fingerprint density at radius 2 is 1.38 bits per heavy atom. The number of hydrogen-bond donors (Lipinski definition) is 4. The number of ketones is 1. The van der Waals surface area contributed by atoms with Crippen LogP contribution in [0.25, 0.3) is 0 Å². The molecule has 58 heavy (non-hydrogen) atoms. The lowest BCUT2D eigenvalue weighted by Gasteiger charge is -2.20. The molecule has 0 aromatic carbocycles. The number of carbonyl (C=O) groups excluding carboxylic acids is 3. The Morgan fingerprint density at radius 3 is 2.03 bits per heavy atom. The summed E-state index contributed by atoms with van der Waals surface area (Å²) in [5.41, 5.74) is 5.35. The first-order chi connectivity index (χ1) is 28.0. The fraction of sp³-hybridized carbons (Fsp3) is 0.800. The number of nitrogens with two attached hydrogens (primary N) is 1. The summed E-state index contributed by atoms with van der Waals surface area (Å²) in [5, 5.41) is 20.7. The third kappa shape index (κ3) is 29.1. The normalized spacial score (nSPS) is 19.3. The van der Waals surface area contributed by atoms with E-state index in [0.717, 1.165) is 77.0 Å². The van der Waals surface area contributed by atoms with Crippen molar-refractivity contribution in [3.8, 4) is 0 Å². The standard InChI is InChI=1S/C45H80NO11P/c1-3-5-7-8-9-10-11-12-13-14-15-16-17-18-19-20-26-30-45(51)57-39(37-56-58(52,53)55-34-33-46)36-54-44(50)29-25-22-21-24-28-40-41(43(49)35-42(40)48)32-31-38(47)27-23-6-4-2/h9-10,12-13,31-32,38-42,47-48H,3-8,11,14-30,33-37,46H2,1-2H3,(H,52,53)/b10-9-,13-12-,32-31+/t38-,39+,40+,41+,42-/m0/s1. The molecule has 0 aromatic rings. The monoisotopic (exact) mass is 842 g/mol.